The lowest BCUT2D eigenvalue weighted by Gasteiger charge is -2.18. The molecule has 0 saturated carbocycles. The number of nitrogens with zero attached hydrogens (tertiary/aromatic N) is 4. The summed E-state index contributed by atoms with van der Waals surface area (Å²) in [6, 6.07) is 39.7. The number of benzene rings is 4. The number of thioether (sulfide) groups is 1. The fourth-order valence-corrected chi connectivity index (χ4v) is 6.35. The second-order valence-corrected chi connectivity index (χ2v) is 11.7. The summed E-state index contributed by atoms with van der Waals surface area (Å²) in [5.41, 5.74) is 6.55. The lowest BCUT2D eigenvalue weighted by molar-refractivity contribution is -0.121. The minimum Gasteiger partial charge on any atom is -0.356 e. The van der Waals surface area contributed by atoms with Crippen LogP contribution in [0.4, 0.5) is 0 Å². The van der Waals surface area contributed by atoms with Crippen LogP contribution in [0.15, 0.2) is 120 Å². The van der Waals surface area contributed by atoms with Gasteiger partial charge >= 0.3 is 0 Å². The average molecular weight is 586 g/mol. The Morgan fingerprint density at radius 2 is 1.42 bits per heavy atom. The first-order chi connectivity index (χ1) is 21.3. The zero-order chi connectivity index (χ0) is 29.3. The number of unbranched alkanes of at least 4 members (excludes halogenated alkanes) is 1. The quantitative estimate of drug-likeness (QED) is 0.111. The van der Waals surface area contributed by atoms with E-state index in [9.17, 15) is 4.79 Å². The second kappa shape index (κ2) is 14.1. The largest absolute Gasteiger partial charge is 0.356 e. The molecule has 0 spiro atoms. The summed E-state index contributed by atoms with van der Waals surface area (Å²) in [5.74, 6) is 1.20. The highest BCUT2D eigenvalue weighted by Crippen LogP contribution is 2.29. The number of hydrogen-bond acceptors (Lipinski definition) is 5. The summed E-state index contributed by atoms with van der Waals surface area (Å²) < 4.78 is 2.23. The van der Waals surface area contributed by atoms with Gasteiger partial charge < -0.3 is 9.88 Å². The van der Waals surface area contributed by atoms with Crippen LogP contribution >= 0.6 is 11.8 Å². The Bertz CT molecular complexity index is 1730. The van der Waals surface area contributed by atoms with Gasteiger partial charge in [0.15, 0.2) is 5.65 Å². The Morgan fingerprint density at radius 1 is 0.767 bits per heavy atom. The van der Waals surface area contributed by atoms with Crippen molar-refractivity contribution in [2.24, 2.45) is 0 Å². The molecule has 6 nitrogen and oxygen atoms in total. The highest BCUT2D eigenvalue weighted by atomic mass is 32.2. The van der Waals surface area contributed by atoms with Crippen molar-refractivity contribution in [3.8, 4) is 0 Å². The maximum atomic E-state index is 12.6. The van der Waals surface area contributed by atoms with Crippen LogP contribution in [-0.2, 0) is 11.3 Å². The van der Waals surface area contributed by atoms with E-state index in [4.69, 9.17) is 4.98 Å². The molecular weight excluding hydrogens is 550 g/mol. The van der Waals surface area contributed by atoms with Gasteiger partial charge in [-0.25, -0.2) is 4.98 Å². The van der Waals surface area contributed by atoms with Gasteiger partial charge in [0.25, 0.3) is 0 Å². The molecule has 2 heterocycles. The molecule has 0 aliphatic rings. The van der Waals surface area contributed by atoms with Crippen LogP contribution in [0.5, 0.6) is 0 Å². The fraction of sp³-hybridized carbons (Fsp3) is 0.222. The monoisotopic (exact) mass is 585 g/mol. The fourth-order valence-electron chi connectivity index (χ4n) is 5.57. The number of hydrogen-bond donors (Lipinski definition) is 1. The Morgan fingerprint density at radius 3 is 2.14 bits per heavy atom. The number of rotatable bonds is 13. The number of amides is 1. The van der Waals surface area contributed by atoms with Crippen molar-refractivity contribution in [3.05, 3.63) is 132 Å². The predicted octanol–water partition coefficient (Wildman–Crippen LogP) is 7.63. The minimum absolute atomic E-state index is 0.106. The van der Waals surface area contributed by atoms with E-state index >= 15 is 0 Å². The van der Waals surface area contributed by atoms with Crippen LogP contribution in [0.2, 0.25) is 0 Å². The lowest BCUT2D eigenvalue weighted by Crippen LogP contribution is -2.25. The van der Waals surface area contributed by atoms with E-state index in [2.05, 4.69) is 105 Å². The van der Waals surface area contributed by atoms with Crippen molar-refractivity contribution in [1.82, 2.24) is 25.1 Å². The summed E-state index contributed by atoms with van der Waals surface area (Å²) in [6.45, 7) is 1.37. The van der Waals surface area contributed by atoms with Gasteiger partial charge in [-0.15, -0.1) is 10.2 Å². The first-order valence-electron chi connectivity index (χ1n) is 14.9. The summed E-state index contributed by atoms with van der Waals surface area (Å²) in [5, 5.41) is 13.9. The molecule has 216 valence electrons. The first kappa shape index (κ1) is 28.6. The summed E-state index contributed by atoms with van der Waals surface area (Å²) >= 11 is 1.60. The Balaban J connectivity index is 1.00. The maximum Gasteiger partial charge on any atom is 0.219 e. The molecule has 7 heteroatoms. The predicted molar refractivity (Wildman–Crippen MR) is 175 cm³/mol. The number of fused-ring (bicyclic) bond motifs is 3. The van der Waals surface area contributed by atoms with E-state index < -0.39 is 0 Å². The summed E-state index contributed by atoms with van der Waals surface area (Å²) in [4.78, 5) is 17.5. The molecule has 4 aromatic carbocycles. The molecular formula is C36H35N5OS. The molecule has 0 unspecified atom stereocenters. The third kappa shape index (κ3) is 7.12. The Labute approximate surface area is 256 Å². The standard InChI is InChI=1S/C36H35N5OS/c42-33(37-24-23-30(28-16-6-2-7-17-28)29-18-8-3-9-19-29)22-12-13-25-43-36-38-35-34(39-40-36)31-20-10-11-21-32(31)41(35)26-27-14-4-1-5-15-27/h1-11,14-21,30H,12-13,22-26H2,(H,37,42). The molecule has 0 saturated heterocycles. The molecule has 0 radical (unpaired) electrons. The third-order valence-electron chi connectivity index (χ3n) is 7.73. The van der Waals surface area contributed by atoms with E-state index in [1.807, 2.05) is 30.3 Å². The summed E-state index contributed by atoms with van der Waals surface area (Å²) in [7, 11) is 0. The second-order valence-electron chi connectivity index (χ2n) is 10.7. The van der Waals surface area contributed by atoms with Crippen LogP contribution in [0.25, 0.3) is 22.1 Å². The molecule has 1 amide bonds. The van der Waals surface area contributed by atoms with Gasteiger partial charge in [-0.05, 0) is 42.0 Å². The van der Waals surface area contributed by atoms with Crippen LogP contribution in [0.3, 0.4) is 0 Å². The highest BCUT2D eigenvalue weighted by molar-refractivity contribution is 7.99. The van der Waals surface area contributed by atoms with Gasteiger partial charge in [0, 0.05) is 36.6 Å². The summed E-state index contributed by atoms with van der Waals surface area (Å²) in [6.07, 6.45) is 3.11. The van der Waals surface area contributed by atoms with Gasteiger partial charge in [0.05, 0.1) is 5.52 Å². The molecule has 0 bridgehead atoms. The Hall–Kier alpha value is -4.49. The number of para-hydroxylation sites is 1. The molecule has 6 rings (SSSR count). The molecule has 0 fully saturated rings. The zero-order valence-electron chi connectivity index (χ0n) is 24.1. The van der Waals surface area contributed by atoms with Gasteiger partial charge in [0.2, 0.25) is 11.1 Å². The Kier molecular flexibility index (Phi) is 9.40. The average Bonchev–Trinajstić information content (AvgIpc) is 3.37. The van der Waals surface area contributed by atoms with Crippen molar-refractivity contribution in [1.29, 1.82) is 0 Å². The lowest BCUT2D eigenvalue weighted by atomic mass is 9.88. The van der Waals surface area contributed by atoms with Crippen LogP contribution in [0.1, 0.15) is 48.3 Å². The molecule has 0 aliphatic carbocycles. The molecule has 1 N–H and O–H groups in total. The molecule has 0 aliphatic heterocycles. The van der Waals surface area contributed by atoms with Crippen molar-refractivity contribution in [2.45, 2.75) is 43.3 Å². The van der Waals surface area contributed by atoms with Crippen molar-refractivity contribution < 1.29 is 4.79 Å². The minimum atomic E-state index is 0.106. The van der Waals surface area contributed by atoms with Crippen molar-refractivity contribution in [3.63, 3.8) is 0 Å². The van der Waals surface area contributed by atoms with Crippen LogP contribution in [-0.4, -0.2) is 38.0 Å². The highest BCUT2D eigenvalue weighted by Gasteiger charge is 2.16. The normalized spacial score (nSPS) is 11.4. The van der Waals surface area contributed by atoms with E-state index in [0.29, 0.717) is 18.1 Å². The number of carbonyl (C=O) groups excluding carboxylic acids is 1. The van der Waals surface area contributed by atoms with E-state index in [1.54, 1.807) is 11.8 Å². The zero-order valence-corrected chi connectivity index (χ0v) is 24.9. The van der Waals surface area contributed by atoms with Crippen molar-refractivity contribution in [2.75, 3.05) is 12.3 Å². The van der Waals surface area contributed by atoms with E-state index in [0.717, 1.165) is 53.6 Å². The van der Waals surface area contributed by atoms with E-state index in [1.165, 1.54) is 16.7 Å². The van der Waals surface area contributed by atoms with E-state index in [-0.39, 0.29) is 11.8 Å². The number of aromatic nitrogens is 4. The topological polar surface area (TPSA) is 72.7 Å². The molecule has 2 aromatic heterocycles. The molecule has 6 aromatic rings. The van der Waals surface area contributed by atoms with Crippen LogP contribution < -0.4 is 5.32 Å². The molecule has 0 atom stereocenters. The SMILES string of the molecule is O=C(CCCCSc1nnc2c3ccccc3n(Cc3ccccc3)c2n1)NCCC(c1ccccc1)c1ccccc1. The van der Waals surface area contributed by atoms with Gasteiger partial charge in [-0.3, -0.25) is 4.79 Å². The number of nitrogens with one attached hydrogen (secondary N) is 1. The van der Waals surface area contributed by atoms with Gasteiger partial charge in [-0.2, -0.15) is 0 Å². The first-order valence-corrected chi connectivity index (χ1v) is 15.9. The van der Waals surface area contributed by atoms with Crippen LogP contribution in [0, 0.1) is 0 Å². The van der Waals surface area contributed by atoms with Crippen molar-refractivity contribution >= 4 is 39.7 Å². The van der Waals surface area contributed by atoms with Gasteiger partial charge in [0.1, 0.15) is 5.52 Å². The van der Waals surface area contributed by atoms with Gasteiger partial charge in [-0.1, -0.05) is 121 Å². The number of carbonyl (C=O) groups is 1. The molecule has 43 heavy (non-hydrogen) atoms. The maximum absolute atomic E-state index is 12.6. The third-order valence-corrected chi connectivity index (χ3v) is 8.65. The smallest absolute Gasteiger partial charge is 0.219 e.